The molecule has 6 nitrogen and oxygen atoms in total. The molecule has 148 valence electrons. The molecule has 0 radical (unpaired) electrons. The van der Waals surface area contributed by atoms with Crippen LogP contribution in [-0.2, 0) is 0 Å². The molecule has 0 spiro atoms. The van der Waals surface area contributed by atoms with E-state index >= 15 is 4.39 Å². The number of benzene rings is 1. The minimum atomic E-state index is -0.265. The van der Waals surface area contributed by atoms with E-state index in [2.05, 4.69) is 20.3 Å². The van der Waals surface area contributed by atoms with Gasteiger partial charge in [0.05, 0.1) is 29.6 Å². The van der Waals surface area contributed by atoms with Gasteiger partial charge < -0.3 is 4.90 Å². The van der Waals surface area contributed by atoms with E-state index < -0.39 is 0 Å². The van der Waals surface area contributed by atoms with Crippen molar-refractivity contribution < 1.29 is 4.39 Å². The maximum Gasteiger partial charge on any atom is 0.134 e. The van der Waals surface area contributed by atoms with Crippen LogP contribution in [0.25, 0.3) is 33.4 Å². The van der Waals surface area contributed by atoms with Gasteiger partial charge in [0.2, 0.25) is 0 Å². The average Bonchev–Trinajstić information content (AvgIpc) is 3.30. The molecular formula is C22H23FN6. The number of hydrogen-bond acceptors (Lipinski definition) is 4. The van der Waals surface area contributed by atoms with Crippen LogP contribution in [0.1, 0.15) is 31.4 Å². The van der Waals surface area contributed by atoms with Gasteiger partial charge in [-0.25, -0.2) is 4.39 Å². The van der Waals surface area contributed by atoms with Crippen LogP contribution < -0.4 is 4.90 Å². The predicted molar refractivity (Wildman–Crippen MR) is 112 cm³/mol. The molecule has 1 aliphatic rings. The van der Waals surface area contributed by atoms with Gasteiger partial charge in [-0.05, 0) is 50.5 Å². The molecule has 1 aromatic carbocycles. The first kappa shape index (κ1) is 17.8. The Morgan fingerprint density at radius 1 is 1.24 bits per heavy atom. The van der Waals surface area contributed by atoms with Crippen molar-refractivity contribution in [2.45, 2.75) is 32.7 Å². The second-order valence-electron chi connectivity index (χ2n) is 7.76. The van der Waals surface area contributed by atoms with E-state index in [0.29, 0.717) is 17.3 Å². The summed E-state index contributed by atoms with van der Waals surface area (Å²) >= 11 is 0. The first-order chi connectivity index (χ1) is 14.0. The second-order valence-corrected chi connectivity index (χ2v) is 7.76. The van der Waals surface area contributed by atoms with Gasteiger partial charge in [0.25, 0.3) is 0 Å². The van der Waals surface area contributed by atoms with Crippen molar-refractivity contribution in [2.75, 3.05) is 18.5 Å². The lowest BCUT2D eigenvalue weighted by Crippen LogP contribution is -2.16. The molecule has 4 aromatic rings. The van der Waals surface area contributed by atoms with E-state index in [1.54, 1.807) is 12.3 Å². The molecule has 3 aromatic heterocycles. The third kappa shape index (κ3) is 3.06. The Kier molecular flexibility index (Phi) is 4.12. The molecule has 3 heterocycles. The number of H-pyrrole nitrogens is 1. The van der Waals surface area contributed by atoms with Crippen LogP contribution in [0.3, 0.4) is 0 Å². The zero-order chi connectivity index (χ0) is 20.1. The molecule has 1 N–H and O–H groups in total. The first-order valence-corrected chi connectivity index (χ1v) is 9.95. The molecule has 1 fully saturated rings. The summed E-state index contributed by atoms with van der Waals surface area (Å²) in [7, 11) is 1.96. The molecule has 0 saturated heterocycles. The minimum absolute atomic E-state index is 0.265. The summed E-state index contributed by atoms with van der Waals surface area (Å²) in [6.07, 6.45) is 7.96. The molecular weight excluding hydrogens is 367 g/mol. The van der Waals surface area contributed by atoms with Gasteiger partial charge in [0.15, 0.2) is 0 Å². The second kappa shape index (κ2) is 6.69. The third-order valence-corrected chi connectivity index (χ3v) is 5.69. The zero-order valence-corrected chi connectivity index (χ0v) is 16.8. The summed E-state index contributed by atoms with van der Waals surface area (Å²) in [5, 5.41) is 12.9. The van der Waals surface area contributed by atoms with E-state index in [4.69, 9.17) is 0 Å². The number of anilines is 1. The van der Waals surface area contributed by atoms with Gasteiger partial charge in [-0.15, -0.1) is 0 Å². The quantitative estimate of drug-likeness (QED) is 0.535. The Morgan fingerprint density at radius 3 is 2.79 bits per heavy atom. The van der Waals surface area contributed by atoms with E-state index in [1.165, 1.54) is 12.8 Å². The summed E-state index contributed by atoms with van der Waals surface area (Å²) in [6.45, 7) is 4.78. The monoisotopic (exact) mass is 390 g/mol. The Hall–Kier alpha value is -3.22. The number of rotatable bonds is 5. The van der Waals surface area contributed by atoms with Gasteiger partial charge in [0.1, 0.15) is 11.5 Å². The van der Waals surface area contributed by atoms with Gasteiger partial charge in [-0.3, -0.25) is 14.8 Å². The highest BCUT2D eigenvalue weighted by molar-refractivity contribution is 5.94. The normalized spacial score (nSPS) is 13.9. The van der Waals surface area contributed by atoms with E-state index in [9.17, 15) is 0 Å². The van der Waals surface area contributed by atoms with Crippen molar-refractivity contribution in [2.24, 2.45) is 0 Å². The molecule has 1 saturated carbocycles. The van der Waals surface area contributed by atoms with Crippen LogP contribution >= 0.6 is 0 Å². The fourth-order valence-corrected chi connectivity index (χ4v) is 3.73. The molecule has 29 heavy (non-hydrogen) atoms. The molecule has 1 aliphatic carbocycles. The first-order valence-electron chi connectivity index (χ1n) is 9.95. The number of nitrogens with one attached hydrogen (secondary N) is 1. The molecule has 0 amide bonds. The van der Waals surface area contributed by atoms with Gasteiger partial charge in [0, 0.05) is 42.0 Å². The molecule has 7 heteroatoms. The lowest BCUT2D eigenvalue weighted by molar-refractivity contribution is 0.629. The third-order valence-electron chi connectivity index (χ3n) is 5.69. The van der Waals surface area contributed by atoms with Crippen LogP contribution in [0.4, 0.5) is 10.1 Å². The van der Waals surface area contributed by atoms with Gasteiger partial charge in [-0.1, -0.05) is 0 Å². The topological polar surface area (TPSA) is 62.6 Å². The standard InChI is InChI=1S/C22H23FN6/c1-4-28(3)16-7-13(2)21(18(23)8-16)19-9-17-20(11-24-19)26-27-22(17)14-10-25-29(12-14)15-5-6-15/h7-12,15H,4-6H2,1-3H3,(H,26,27). The molecule has 0 bridgehead atoms. The van der Waals surface area contributed by atoms with Crippen LogP contribution in [0.2, 0.25) is 0 Å². The lowest BCUT2D eigenvalue weighted by atomic mass is 10.0. The molecule has 5 rings (SSSR count). The Labute approximate surface area is 168 Å². The van der Waals surface area contributed by atoms with Crippen molar-refractivity contribution in [3.63, 3.8) is 0 Å². The van der Waals surface area contributed by atoms with Crippen molar-refractivity contribution in [3.8, 4) is 22.5 Å². The van der Waals surface area contributed by atoms with Gasteiger partial charge >= 0.3 is 0 Å². The Bertz CT molecular complexity index is 1180. The number of fused-ring (bicyclic) bond motifs is 1. The highest BCUT2D eigenvalue weighted by atomic mass is 19.1. The molecule has 0 unspecified atom stereocenters. The highest BCUT2D eigenvalue weighted by Gasteiger charge is 2.25. The minimum Gasteiger partial charge on any atom is -0.375 e. The Balaban J connectivity index is 1.59. The lowest BCUT2D eigenvalue weighted by Gasteiger charge is -2.19. The summed E-state index contributed by atoms with van der Waals surface area (Å²) < 4.78 is 17.0. The number of halogens is 1. The van der Waals surface area contributed by atoms with Crippen LogP contribution in [0.5, 0.6) is 0 Å². The number of pyridine rings is 1. The molecule has 0 aliphatic heterocycles. The fourth-order valence-electron chi connectivity index (χ4n) is 3.73. The fraction of sp³-hybridized carbons (Fsp3) is 0.318. The maximum absolute atomic E-state index is 15.0. The van der Waals surface area contributed by atoms with Gasteiger partial charge in [-0.2, -0.15) is 10.2 Å². The van der Waals surface area contributed by atoms with Crippen molar-refractivity contribution in [3.05, 3.63) is 48.2 Å². The summed E-state index contributed by atoms with van der Waals surface area (Å²) in [6, 6.07) is 6.01. The van der Waals surface area contributed by atoms with Crippen LogP contribution in [0, 0.1) is 12.7 Å². The number of aryl methyl sites for hydroxylation is 1. The largest absolute Gasteiger partial charge is 0.375 e. The zero-order valence-electron chi connectivity index (χ0n) is 16.8. The predicted octanol–water partition coefficient (Wildman–Crippen LogP) is 4.73. The maximum atomic E-state index is 15.0. The van der Waals surface area contributed by atoms with Crippen molar-refractivity contribution >= 4 is 16.6 Å². The van der Waals surface area contributed by atoms with Crippen LogP contribution in [0.15, 0.2) is 36.8 Å². The summed E-state index contributed by atoms with van der Waals surface area (Å²) in [4.78, 5) is 6.51. The highest BCUT2D eigenvalue weighted by Crippen LogP contribution is 2.37. The number of aromatic amines is 1. The van der Waals surface area contributed by atoms with E-state index in [-0.39, 0.29) is 5.82 Å². The number of nitrogens with zero attached hydrogens (tertiary/aromatic N) is 5. The summed E-state index contributed by atoms with van der Waals surface area (Å²) in [5.74, 6) is -0.265. The van der Waals surface area contributed by atoms with E-state index in [1.807, 2.05) is 55.0 Å². The van der Waals surface area contributed by atoms with E-state index in [0.717, 1.165) is 40.0 Å². The SMILES string of the molecule is CCN(C)c1cc(C)c(-c2cc3c(-c4cnn(C5CC5)c4)n[nH]c3cn2)c(F)c1. The summed E-state index contributed by atoms with van der Waals surface area (Å²) in [5.41, 5.74) is 5.45. The molecule has 0 atom stereocenters. The number of hydrogen-bond donors (Lipinski definition) is 1. The van der Waals surface area contributed by atoms with Crippen molar-refractivity contribution in [1.82, 2.24) is 25.0 Å². The smallest absolute Gasteiger partial charge is 0.134 e. The Morgan fingerprint density at radius 2 is 2.07 bits per heavy atom. The van der Waals surface area contributed by atoms with Crippen molar-refractivity contribution in [1.29, 1.82) is 0 Å². The average molecular weight is 390 g/mol. The van der Waals surface area contributed by atoms with Crippen LogP contribution in [-0.4, -0.2) is 38.6 Å². The number of aromatic nitrogens is 5.